The van der Waals surface area contributed by atoms with E-state index in [4.69, 9.17) is 0 Å². The van der Waals surface area contributed by atoms with Crippen molar-refractivity contribution in [2.75, 3.05) is 13.1 Å². The molecule has 0 aliphatic heterocycles. The topological polar surface area (TPSA) is 41.1 Å². The Hall–Kier alpha value is -1.21. The number of halogens is 3. The number of nitrogens with one attached hydrogen (secondary N) is 2. The lowest BCUT2D eigenvalue weighted by Gasteiger charge is -2.08. The van der Waals surface area contributed by atoms with E-state index in [9.17, 15) is 18.0 Å². The van der Waals surface area contributed by atoms with Gasteiger partial charge in [0.2, 0.25) is 5.91 Å². The van der Waals surface area contributed by atoms with Gasteiger partial charge in [-0.25, -0.2) is 0 Å². The quantitative estimate of drug-likeness (QED) is 0.600. The van der Waals surface area contributed by atoms with Gasteiger partial charge in [-0.2, -0.15) is 13.2 Å². The first-order valence-corrected chi connectivity index (χ1v) is 7.59. The molecule has 21 heavy (non-hydrogen) atoms. The summed E-state index contributed by atoms with van der Waals surface area (Å²) in [6.07, 6.45) is 1.98. The van der Waals surface area contributed by atoms with Gasteiger partial charge in [0.15, 0.2) is 0 Å². The molecule has 0 aromatic heterocycles. The van der Waals surface area contributed by atoms with Crippen molar-refractivity contribution in [2.24, 2.45) is 5.92 Å². The van der Waals surface area contributed by atoms with Crippen LogP contribution in [0.3, 0.4) is 0 Å². The summed E-state index contributed by atoms with van der Waals surface area (Å²) in [5.74, 6) is 0.328. The Kier molecular flexibility index (Phi) is 5.52. The second-order valence-corrected chi connectivity index (χ2v) is 6.07. The fraction of sp³-hybridized carbons (Fsp3) is 0.500. The van der Waals surface area contributed by atoms with Crippen LogP contribution in [0.4, 0.5) is 13.2 Å². The number of thioether (sulfide) groups is 1. The highest BCUT2D eigenvalue weighted by Crippen LogP contribution is 2.36. The van der Waals surface area contributed by atoms with E-state index in [1.807, 2.05) is 0 Å². The van der Waals surface area contributed by atoms with Crippen molar-refractivity contribution in [1.82, 2.24) is 10.6 Å². The maximum atomic E-state index is 12.2. The Bertz CT molecular complexity index is 472. The Balaban J connectivity index is 1.63. The Morgan fingerprint density at radius 3 is 2.43 bits per heavy atom. The normalized spacial score (nSPS) is 15.0. The van der Waals surface area contributed by atoms with Gasteiger partial charge in [-0.1, -0.05) is 12.1 Å². The Morgan fingerprint density at radius 2 is 1.86 bits per heavy atom. The first-order valence-electron chi connectivity index (χ1n) is 6.77. The third kappa shape index (κ3) is 6.39. The zero-order valence-corrected chi connectivity index (χ0v) is 12.2. The van der Waals surface area contributed by atoms with Crippen LogP contribution in [0.1, 0.15) is 18.4 Å². The molecule has 1 aliphatic carbocycles. The van der Waals surface area contributed by atoms with Crippen LogP contribution in [0.2, 0.25) is 0 Å². The maximum absolute atomic E-state index is 12.2. The van der Waals surface area contributed by atoms with E-state index in [2.05, 4.69) is 10.6 Å². The third-order valence-electron chi connectivity index (χ3n) is 3.04. The molecule has 0 saturated heterocycles. The van der Waals surface area contributed by atoms with Gasteiger partial charge in [0.25, 0.3) is 0 Å². The largest absolute Gasteiger partial charge is 0.446 e. The van der Waals surface area contributed by atoms with Crippen molar-refractivity contribution in [3.05, 3.63) is 29.8 Å². The average Bonchev–Trinajstić information content (AvgIpc) is 3.22. The van der Waals surface area contributed by atoms with Gasteiger partial charge < -0.3 is 10.6 Å². The van der Waals surface area contributed by atoms with Gasteiger partial charge >= 0.3 is 5.51 Å². The summed E-state index contributed by atoms with van der Waals surface area (Å²) in [5.41, 5.74) is -3.34. The molecule has 0 heterocycles. The highest BCUT2D eigenvalue weighted by molar-refractivity contribution is 8.00. The van der Waals surface area contributed by atoms with E-state index >= 15 is 0 Å². The lowest BCUT2D eigenvalue weighted by molar-refractivity contribution is -0.122. The summed E-state index contributed by atoms with van der Waals surface area (Å²) in [5, 5.41) is 5.98. The molecule has 0 spiro atoms. The standard InChI is InChI=1S/C14H17F3N2OS/c15-14(16,17)21-12-5-1-10(2-6-12)9-18-7-8-19-13(20)11-3-4-11/h1-2,5-6,11,18H,3-4,7-9H2,(H,19,20). The lowest BCUT2D eigenvalue weighted by atomic mass is 10.2. The summed E-state index contributed by atoms with van der Waals surface area (Å²) in [7, 11) is 0. The van der Waals surface area contributed by atoms with Crippen LogP contribution in [0, 0.1) is 5.92 Å². The minimum absolute atomic E-state index is 0.115. The lowest BCUT2D eigenvalue weighted by Crippen LogP contribution is -2.32. The van der Waals surface area contributed by atoms with Gasteiger partial charge in [0, 0.05) is 30.4 Å². The number of amides is 1. The molecular formula is C14H17F3N2OS. The summed E-state index contributed by atoms with van der Waals surface area (Å²) >= 11 is -0.115. The number of rotatable bonds is 7. The van der Waals surface area contributed by atoms with Crippen LogP contribution in [-0.4, -0.2) is 24.5 Å². The molecule has 116 valence electrons. The zero-order chi connectivity index (χ0) is 15.3. The molecule has 7 heteroatoms. The second kappa shape index (κ2) is 7.17. The molecule has 1 amide bonds. The summed E-state index contributed by atoms with van der Waals surface area (Å²) < 4.78 is 36.5. The van der Waals surface area contributed by atoms with E-state index in [-0.39, 0.29) is 28.5 Å². The first-order chi connectivity index (χ1) is 9.94. The first kappa shape index (κ1) is 16.2. The molecule has 0 radical (unpaired) electrons. The van der Waals surface area contributed by atoms with Gasteiger partial charge in [-0.05, 0) is 42.3 Å². The van der Waals surface area contributed by atoms with E-state index < -0.39 is 5.51 Å². The highest BCUT2D eigenvalue weighted by atomic mass is 32.2. The molecule has 2 rings (SSSR count). The molecule has 1 aromatic carbocycles. The minimum Gasteiger partial charge on any atom is -0.355 e. The smallest absolute Gasteiger partial charge is 0.355 e. The number of hydrogen-bond donors (Lipinski definition) is 2. The Morgan fingerprint density at radius 1 is 1.19 bits per heavy atom. The van der Waals surface area contributed by atoms with Crippen molar-refractivity contribution in [2.45, 2.75) is 29.8 Å². The number of alkyl halides is 3. The molecule has 1 fully saturated rings. The molecule has 0 unspecified atom stereocenters. The van der Waals surface area contributed by atoms with Crippen molar-refractivity contribution in [1.29, 1.82) is 0 Å². The van der Waals surface area contributed by atoms with E-state index in [0.717, 1.165) is 18.4 Å². The van der Waals surface area contributed by atoms with Crippen molar-refractivity contribution < 1.29 is 18.0 Å². The average molecular weight is 318 g/mol. The van der Waals surface area contributed by atoms with Crippen molar-refractivity contribution in [3.63, 3.8) is 0 Å². The molecule has 1 saturated carbocycles. The van der Waals surface area contributed by atoms with E-state index in [1.165, 1.54) is 12.1 Å². The van der Waals surface area contributed by atoms with Crippen LogP contribution < -0.4 is 10.6 Å². The third-order valence-corrected chi connectivity index (χ3v) is 3.77. The molecule has 1 aromatic rings. The van der Waals surface area contributed by atoms with Crippen LogP contribution >= 0.6 is 11.8 Å². The SMILES string of the molecule is O=C(NCCNCc1ccc(SC(F)(F)F)cc1)C1CC1. The molecule has 1 aliphatic rings. The minimum atomic E-state index is -4.25. The summed E-state index contributed by atoms with van der Waals surface area (Å²) in [6, 6.07) is 6.27. The molecule has 0 bridgehead atoms. The number of carbonyl (C=O) groups is 1. The number of benzene rings is 1. The monoisotopic (exact) mass is 318 g/mol. The fourth-order valence-corrected chi connectivity index (χ4v) is 2.35. The van der Waals surface area contributed by atoms with Crippen LogP contribution in [-0.2, 0) is 11.3 Å². The summed E-state index contributed by atoms with van der Waals surface area (Å²) in [6.45, 7) is 1.77. The molecule has 0 atom stereocenters. The predicted octanol–water partition coefficient (Wildman–Crippen LogP) is 2.91. The molecule has 2 N–H and O–H groups in total. The van der Waals surface area contributed by atoms with Crippen LogP contribution in [0.25, 0.3) is 0 Å². The van der Waals surface area contributed by atoms with Crippen molar-refractivity contribution >= 4 is 17.7 Å². The van der Waals surface area contributed by atoms with Crippen molar-refractivity contribution in [3.8, 4) is 0 Å². The van der Waals surface area contributed by atoms with Crippen LogP contribution in [0.15, 0.2) is 29.2 Å². The molecule has 3 nitrogen and oxygen atoms in total. The maximum Gasteiger partial charge on any atom is 0.446 e. The number of carbonyl (C=O) groups excluding carboxylic acids is 1. The summed E-state index contributed by atoms with van der Waals surface area (Å²) in [4.78, 5) is 11.5. The van der Waals surface area contributed by atoms with Gasteiger partial charge in [-0.15, -0.1) is 0 Å². The zero-order valence-electron chi connectivity index (χ0n) is 11.4. The van der Waals surface area contributed by atoms with Gasteiger partial charge in [0.05, 0.1) is 0 Å². The van der Waals surface area contributed by atoms with Gasteiger partial charge in [-0.3, -0.25) is 4.79 Å². The van der Waals surface area contributed by atoms with Gasteiger partial charge in [0.1, 0.15) is 0 Å². The fourth-order valence-electron chi connectivity index (χ4n) is 1.81. The highest BCUT2D eigenvalue weighted by Gasteiger charge is 2.29. The van der Waals surface area contributed by atoms with Crippen LogP contribution in [0.5, 0.6) is 0 Å². The molecular weight excluding hydrogens is 301 g/mol. The Labute approximate surface area is 125 Å². The predicted molar refractivity (Wildman–Crippen MR) is 75.8 cm³/mol. The second-order valence-electron chi connectivity index (χ2n) is 4.93. The van der Waals surface area contributed by atoms with E-state index in [0.29, 0.717) is 19.6 Å². The van der Waals surface area contributed by atoms with E-state index in [1.54, 1.807) is 12.1 Å². The number of hydrogen-bond acceptors (Lipinski definition) is 3.